The molecule has 0 spiro atoms. The van der Waals surface area contributed by atoms with Gasteiger partial charge in [-0.3, -0.25) is 9.69 Å². The number of carbonyl (C=O) groups excluding carboxylic acids is 1. The second-order valence-corrected chi connectivity index (χ2v) is 7.98. The molecule has 1 fully saturated rings. The Morgan fingerprint density at radius 3 is 2.28 bits per heavy atom. The van der Waals surface area contributed by atoms with Crippen LogP contribution in [0.15, 0.2) is 42.5 Å². The van der Waals surface area contributed by atoms with E-state index in [-0.39, 0.29) is 18.2 Å². The predicted molar refractivity (Wildman–Crippen MR) is 123 cm³/mol. The quantitative estimate of drug-likeness (QED) is 0.598. The fourth-order valence-electron chi connectivity index (χ4n) is 3.66. The summed E-state index contributed by atoms with van der Waals surface area (Å²) in [7, 11) is 0. The zero-order valence-corrected chi connectivity index (χ0v) is 18.8. The van der Waals surface area contributed by atoms with E-state index in [1.54, 1.807) is 6.92 Å². The summed E-state index contributed by atoms with van der Waals surface area (Å²) in [4.78, 5) is 16.3. The maximum atomic E-state index is 11.4. The Hall–Kier alpha value is -2.04. The molecule has 5 heteroatoms. The molecular weight excluding hydrogens is 384 g/mol. The largest absolute Gasteiger partial charge is 0.492 e. The lowest BCUT2D eigenvalue weighted by Crippen LogP contribution is -2.47. The molecule has 0 N–H and O–H groups in total. The van der Waals surface area contributed by atoms with Gasteiger partial charge in [0, 0.05) is 44.0 Å². The molecule has 0 radical (unpaired) electrons. The van der Waals surface area contributed by atoms with Gasteiger partial charge >= 0.3 is 0 Å². The maximum absolute atomic E-state index is 11.4. The van der Waals surface area contributed by atoms with E-state index >= 15 is 0 Å². The summed E-state index contributed by atoms with van der Waals surface area (Å²) < 4.78 is 6.14. The first-order valence-corrected chi connectivity index (χ1v) is 10.3. The fourth-order valence-corrected chi connectivity index (χ4v) is 3.66. The van der Waals surface area contributed by atoms with Gasteiger partial charge < -0.3 is 9.64 Å². The van der Waals surface area contributed by atoms with Crippen molar-refractivity contribution in [3.63, 3.8) is 0 Å². The number of ether oxygens (including phenoxy) is 1. The molecule has 1 saturated heterocycles. The summed E-state index contributed by atoms with van der Waals surface area (Å²) in [5.74, 6) is 1.61. The molecule has 2 aromatic rings. The average molecular weight is 417 g/mol. The van der Waals surface area contributed by atoms with Gasteiger partial charge in [0.05, 0.1) is 0 Å². The van der Waals surface area contributed by atoms with Crippen molar-refractivity contribution >= 4 is 23.9 Å². The lowest BCUT2D eigenvalue weighted by atomic mass is 10.0. The molecule has 158 valence electrons. The van der Waals surface area contributed by atoms with E-state index in [2.05, 4.69) is 60.9 Å². The first-order valence-electron chi connectivity index (χ1n) is 10.3. The van der Waals surface area contributed by atoms with Crippen molar-refractivity contribution in [1.82, 2.24) is 4.90 Å². The normalized spacial score (nSPS) is 14.6. The highest BCUT2D eigenvalue weighted by molar-refractivity contribution is 5.94. The third-order valence-electron chi connectivity index (χ3n) is 5.47. The number of Topliss-reactive ketones (excluding diaryl/α,β-unsaturated/α-hetero) is 1. The zero-order valence-electron chi connectivity index (χ0n) is 18.0. The van der Waals surface area contributed by atoms with Crippen LogP contribution < -0.4 is 9.64 Å². The summed E-state index contributed by atoms with van der Waals surface area (Å²) in [6, 6.07) is 14.5. The van der Waals surface area contributed by atoms with Crippen LogP contribution >= 0.6 is 12.4 Å². The van der Waals surface area contributed by atoms with Gasteiger partial charge in [-0.05, 0) is 61.2 Å². The number of benzene rings is 2. The molecule has 0 unspecified atom stereocenters. The number of nitrogens with zero attached hydrogens (tertiary/aromatic N) is 2. The molecule has 0 aliphatic carbocycles. The number of rotatable bonds is 7. The van der Waals surface area contributed by atoms with Crippen molar-refractivity contribution in [2.24, 2.45) is 0 Å². The Kier molecular flexibility index (Phi) is 8.54. The minimum absolute atomic E-state index is 0. The number of ketones is 1. The van der Waals surface area contributed by atoms with E-state index in [1.165, 1.54) is 16.8 Å². The number of aryl methyl sites for hydroxylation is 1. The van der Waals surface area contributed by atoms with Crippen molar-refractivity contribution in [3.05, 3.63) is 59.2 Å². The SMILES string of the molecule is CC(=O)c1ccc(N2CCN(CCOc3cc(C)ccc3C(C)C)CC2)cc1.Cl. The average Bonchev–Trinajstić information content (AvgIpc) is 2.68. The standard InChI is InChI=1S/C24H32N2O2.ClH/c1-18(2)23-10-5-19(3)17-24(23)28-16-15-25-11-13-26(14-12-25)22-8-6-21(7-9-22)20(4)27;/h5-10,17-18H,11-16H2,1-4H3;1H. The van der Waals surface area contributed by atoms with Crippen molar-refractivity contribution in [3.8, 4) is 5.75 Å². The third-order valence-corrected chi connectivity index (χ3v) is 5.47. The zero-order chi connectivity index (χ0) is 20.1. The Balaban J connectivity index is 0.00000300. The van der Waals surface area contributed by atoms with E-state index in [1.807, 2.05) is 12.1 Å². The third kappa shape index (κ3) is 6.22. The fraction of sp³-hybridized carbons (Fsp3) is 0.458. The molecule has 2 aromatic carbocycles. The number of halogens is 1. The molecule has 0 aromatic heterocycles. The molecule has 3 rings (SSSR count). The van der Waals surface area contributed by atoms with Gasteiger partial charge in [-0.15, -0.1) is 12.4 Å². The number of hydrogen-bond donors (Lipinski definition) is 0. The highest BCUT2D eigenvalue weighted by Gasteiger charge is 2.17. The summed E-state index contributed by atoms with van der Waals surface area (Å²) in [6.45, 7) is 13.9. The van der Waals surface area contributed by atoms with Gasteiger partial charge in [0.15, 0.2) is 5.78 Å². The first-order chi connectivity index (χ1) is 13.4. The molecule has 0 bridgehead atoms. The summed E-state index contributed by atoms with van der Waals surface area (Å²) in [6.07, 6.45) is 0. The molecule has 29 heavy (non-hydrogen) atoms. The van der Waals surface area contributed by atoms with Crippen LogP contribution in [0.3, 0.4) is 0 Å². The Bertz CT molecular complexity index is 797. The van der Waals surface area contributed by atoms with Gasteiger partial charge in [0.25, 0.3) is 0 Å². The van der Waals surface area contributed by atoms with E-state index in [4.69, 9.17) is 4.74 Å². The van der Waals surface area contributed by atoms with Crippen LogP contribution in [-0.2, 0) is 0 Å². The molecule has 0 amide bonds. The molecule has 0 atom stereocenters. The van der Waals surface area contributed by atoms with Crippen molar-refractivity contribution in [1.29, 1.82) is 0 Å². The minimum atomic E-state index is 0. The van der Waals surface area contributed by atoms with E-state index in [0.717, 1.165) is 50.6 Å². The molecule has 4 nitrogen and oxygen atoms in total. The van der Waals surface area contributed by atoms with Crippen LogP contribution in [0.2, 0.25) is 0 Å². The highest BCUT2D eigenvalue weighted by Crippen LogP contribution is 2.27. The van der Waals surface area contributed by atoms with Gasteiger partial charge in [-0.2, -0.15) is 0 Å². The predicted octanol–water partition coefficient (Wildman–Crippen LogP) is 4.94. The number of anilines is 1. The van der Waals surface area contributed by atoms with E-state index in [0.29, 0.717) is 5.92 Å². The maximum Gasteiger partial charge on any atom is 0.159 e. The second-order valence-electron chi connectivity index (χ2n) is 7.98. The first kappa shape index (κ1) is 23.2. The summed E-state index contributed by atoms with van der Waals surface area (Å²) in [5, 5.41) is 0. The van der Waals surface area contributed by atoms with Crippen LogP contribution in [0.1, 0.15) is 48.2 Å². The van der Waals surface area contributed by atoms with Gasteiger partial charge in [-0.25, -0.2) is 0 Å². The molecule has 0 saturated carbocycles. The van der Waals surface area contributed by atoms with Crippen molar-refractivity contribution < 1.29 is 9.53 Å². The lowest BCUT2D eigenvalue weighted by molar-refractivity contribution is 0.101. The van der Waals surface area contributed by atoms with Gasteiger partial charge in [0.2, 0.25) is 0 Å². The minimum Gasteiger partial charge on any atom is -0.492 e. The van der Waals surface area contributed by atoms with Gasteiger partial charge in [-0.1, -0.05) is 26.0 Å². The van der Waals surface area contributed by atoms with Crippen molar-refractivity contribution in [2.75, 3.05) is 44.2 Å². The molecular formula is C24H33ClN2O2. The number of piperazine rings is 1. The van der Waals surface area contributed by atoms with Crippen molar-refractivity contribution in [2.45, 2.75) is 33.6 Å². The van der Waals surface area contributed by atoms with E-state index in [9.17, 15) is 4.79 Å². The van der Waals surface area contributed by atoms with Crippen LogP contribution in [0, 0.1) is 6.92 Å². The topological polar surface area (TPSA) is 32.8 Å². The summed E-state index contributed by atoms with van der Waals surface area (Å²) >= 11 is 0. The summed E-state index contributed by atoms with van der Waals surface area (Å²) in [5.41, 5.74) is 4.49. The molecule has 1 aliphatic rings. The van der Waals surface area contributed by atoms with Crippen LogP contribution in [0.4, 0.5) is 5.69 Å². The second kappa shape index (κ2) is 10.7. The molecule has 1 heterocycles. The van der Waals surface area contributed by atoms with Crippen LogP contribution in [-0.4, -0.2) is 50.0 Å². The Morgan fingerprint density at radius 1 is 1.03 bits per heavy atom. The highest BCUT2D eigenvalue weighted by atomic mass is 35.5. The number of hydrogen-bond acceptors (Lipinski definition) is 4. The monoisotopic (exact) mass is 416 g/mol. The smallest absolute Gasteiger partial charge is 0.159 e. The lowest BCUT2D eigenvalue weighted by Gasteiger charge is -2.36. The van der Waals surface area contributed by atoms with Crippen LogP contribution in [0.5, 0.6) is 5.75 Å². The Morgan fingerprint density at radius 2 is 1.69 bits per heavy atom. The number of carbonyl (C=O) groups is 1. The van der Waals surface area contributed by atoms with Gasteiger partial charge in [0.1, 0.15) is 12.4 Å². The Labute approximate surface area is 181 Å². The van der Waals surface area contributed by atoms with Crippen LogP contribution in [0.25, 0.3) is 0 Å². The van der Waals surface area contributed by atoms with E-state index < -0.39 is 0 Å². The molecule has 1 aliphatic heterocycles.